The maximum Gasteiger partial charge on any atom is 0.332 e. The summed E-state index contributed by atoms with van der Waals surface area (Å²) in [6.07, 6.45) is 0. The zero-order valence-corrected chi connectivity index (χ0v) is 17.4. The van der Waals surface area contributed by atoms with E-state index in [-0.39, 0.29) is 28.0 Å². The first-order valence-electron chi connectivity index (χ1n) is 10.0. The van der Waals surface area contributed by atoms with Gasteiger partial charge < -0.3 is 10.1 Å². The minimum atomic E-state index is -0.504. The fraction of sp³-hybridized carbons (Fsp3) is 0.0800. The molecular formula is C25H19N3O4. The number of aromatic hydroxyl groups is 1. The van der Waals surface area contributed by atoms with Crippen LogP contribution in [0.25, 0.3) is 32.9 Å². The molecule has 5 rings (SSSR count). The van der Waals surface area contributed by atoms with Crippen LogP contribution in [0.15, 0.2) is 76.3 Å². The molecule has 0 radical (unpaired) electrons. The highest BCUT2D eigenvalue weighted by atomic mass is 16.3. The van der Waals surface area contributed by atoms with E-state index in [1.165, 1.54) is 23.7 Å². The summed E-state index contributed by atoms with van der Waals surface area (Å²) in [4.78, 5) is 42.2. The Hall–Kier alpha value is -4.39. The lowest BCUT2D eigenvalue weighted by atomic mass is 9.96. The number of nitrogens with zero attached hydrogens (tertiary/aromatic N) is 2. The number of phenols is 1. The molecule has 7 heteroatoms. The van der Waals surface area contributed by atoms with E-state index in [2.05, 4.69) is 4.98 Å². The zero-order chi connectivity index (χ0) is 22.6. The van der Waals surface area contributed by atoms with E-state index in [4.69, 9.17) is 0 Å². The van der Waals surface area contributed by atoms with Gasteiger partial charge in [0.15, 0.2) is 0 Å². The molecule has 5 aromatic rings. The lowest BCUT2D eigenvalue weighted by Crippen LogP contribution is -2.36. The summed E-state index contributed by atoms with van der Waals surface area (Å²) >= 11 is 0. The average molecular weight is 425 g/mol. The molecular weight excluding hydrogens is 406 g/mol. The quantitative estimate of drug-likeness (QED) is 0.434. The largest absolute Gasteiger partial charge is 0.507 e. The summed E-state index contributed by atoms with van der Waals surface area (Å²) in [6, 6.07) is 19.7. The van der Waals surface area contributed by atoms with E-state index in [1.807, 2.05) is 42.5 Å². The summed E-state index contributed by atoms with van der Waals surface area (Å²) < 4.78 is 2.33. The highest BCUT2D eigenvalue weighted by Gasteiger charge is 2.26. The molecule has 0 spiro atoms. The van der Waals surface area contributed by atoms with Crippen molar-refractivity contribution >= 4 is 27.6 Å². The van der Waals surface area contributed by atoms with Gasteiger partial charge in [0.25, 0.3) is 5.56 Å². The van der Waals surface area contributed by atoms with Crippen molar-refractivity contribution in [2.24, 2.45) is 14.1 Å². The van der Waals surface area contributed by atoms with E-state index in [0.717, 1.165) is 15.3 Å². The molecule has 3 aromatic carbocycles. The second-order valence-corrected chi connectivity index (χ2v) is 7.71. The number of hydrogen-bond donors (Lipinski definition) is 2. The van der Waals surface area contributed by atoms with Gasteiger partial charge in [0, 0.05) is 19.7 Å². The van der Waals surface area contributed by atoms with Crippen molar-refractivity contribution in [3.05, 3.63) is 98.8 Å². The van der Waals surface area contributed by atoms with Gasteiger partial charge >= 0.3 is 5.69 Å². The Morgan fingerprint density at radius 3 is 2.31 bits per heavy atom. The predicted molar refractivity (Wildman–Crippen MR) is 123 cm³/mol. The lowest BCUT2D eigenvalue weighted by molar-refractivity contribution is 0.103. The summed E-state index contributed by atoms with van der Waals surface area (Å²) in [5.74, 6) is -0.639. The van der Waals surface area contributed by atoms with E-state index < -0.39 is 17.0 Å². The number of rotatable bonds is 3. The van der Waals surface area contributed by atoms with Gasteiger partial charge in [-0.3, -0.25) is 18.7 Å². The molecule has 0 unspecified atom stereocenters. The second-order valence-electron chi connectivity index (χ2n) is 7.71. The third kappa shape index (κ3) is 2.79. The van der Waals surface area contributed by atoms with Crippen molar-refractivity contribution in [1.82, 2.24) is 14.1 Å². The van der Waals surface area contributed by atoms with Gasteiger partial charge in [-0.25, -0.2) is 4.79 Å². The van der Waals surface area contributed by atoms with Crippen LogP contribution in [-0.4, -0.2) is 25.0 Å². The first-order chi connectivity index (χ1) is 15.4. The van der Waals surface area contributed by atoms with Crippen molar-refractivity contribution in [2.45, 2.75) is 0 Å². The number of aromatic amines is 1. The Bertz CT molecular complexity index is 1670. The number of carbonyl (C=O) groups excluding carboxylic acids is 1. The molecule has 158 valence electrons. The van der Waals surface area contributed by atoms with Crippen molar-refractivity contribution < 1.29 is 9.90 Å². The molecule has 7 nitrogen and oxygen atoms in total. The molecule has 2 N–H and O–H groups in total. The fourth-order valence-electron chi connectivity index (χ4n) is 4.13. The Balaban J connectivity index is 1.92. The number of fused-ring (bicyclic) bond motifs is 2. The molecule has 0 amide bonds. The van der Waals surface area contributed by atoms with Crippen LogP contribution >= 0.6 is 0 Å². The first-order valence-corrected chi connectivity index (χ1v) is 10.0. The van der Waals surface area contributed by atoms with Crippen molar-refractivity contribution in [2.75, 3.05) is 0 Å². The number of para-hydroxylation sites is 1. The maximum atomic E-state index is 13.5. The van der Waals surface area contributed by atoms with Crippen molar-refractivity contribution in [3.63, 3.8) is 0 Å². The molecule has 0 bridgehead atoms. The number of aromatic nitrogens is 3. The number of benzene rings is 3. The molecule has 0 aliphatic carbocycles. The molecule has 0 aliphatic rings. The van der Waals surface area contributed by atoms with E-state index in [0.29, 0.717) is 11.1 Å². The van der Waals surface area contributed by atoms with Crippen LogP contribution in [0.4, 0.5) is 0 Å². The summed E-state index contributed by atoms with van der Waals surface area (Å²) in [6.45, 7) is 0. The van der Waals surface area contributed by atoms with Crippen molar-refractivity contribution in [1.29, 1.82) is 0 Å². The van der Waals surface area contributed by atoms with Crippen LogP contribution in [0.3, 0.4) is 0 Å². The van der Waals surface area contributed by atoms with Crippen molar-refractivity contribution in [3.8, 4) is 16.9 Å². The van der Waals surface area contributed by atoms with Gasteiger partial charge in [-0.15, -0.1) is 0 Å². The first kappa shape index (κ1) is 19.6. The van der Waals surface area contributed by atoms with Gasteiger partial charge in [0.05, 0.1) is 16.6 Å². The third-order valence-electron chi connectivity index (χ3n) is 5.82. The SMILES string of the molecule is Cn1c(=O)c2c(-c3ccc4ccccc4c3)c(C(=O)c3ccccc3O)[nH]c2n(C)c1=O. The van der Waals surface area contributed by atoms with Crippen LogP contribution in [-0.2, 0) is 14.1 Å². The highest BCUT2D eigenvalue weighted by Crippen LogP contribution is 2.34. The minimum Gasteiger partial charge on any atom is -0.507 e. The summed E-state index contributed by atoms with van der Waals surface area (Å²) in [5, 5.41) is 12.5. The monoisotopic (exact) mass is 425 g/mol. The van der Waals surface area contributed by atoms with Gasteiger partial charge in [-0.2, -0.15) is 0 Å². The molecule has 2 heterocycles. The topological polar surface area (TPSA) is 97.1 Å². The normalized spacial score (nSPS) is 11.3. The van der Waals surface area contributed by atoms with Crippen LogP contribution in [0.1, 0.15) is 16.1 Å². The lowest BCUT2D eigenvalue weighted by Gasteiger charge is -2.08. The van der Waals surface area contributed by atoms with Crippen LogP contribution < -0.4 is 11.2 Å². The molecule has 32 heavy (non-hydrogen) atoms. The highest BCUT2D eigenvalue weighted by molar-refractivity contribution is 6.17. The average Bonchev–Trinajstić information content (AvgIpc) is 3.22. The summed E-state index contributed by atoms with van der Waals surface area (Å²) in [7, 11) is 2.95. The van der Waals surface area contributed by atoms with Crippen LogP contribution in [0.2, 0.25) is 0 Å². The van der Waals surface area contributed by atoms with Gasteiger partial charge in [0.1, 0.15) is 11.4 Å². The molecule has 0 atom stereocenters. The molecule has 2 aromatic heterocycles. The van der Waals surface area contributed by atoms with Gasteiger partial charge in [-0.1, -0.05) is 48.5 Å². The Morgan fingerprint density at radius 2 is 1.56 bits per heavy atom. The Kier molecular flexibility index (Phi) is 4.34. The zero-order valence-electron chi connectivity index (χ0n) is 17.4. The number of phenolic OH excluding ortho intramolecular Hbond substituents is 1. The standard InChI is InChI=1S/C25H19N3O4/c1-27-23-20(24(31)28(2)25(27)32)19(16-12-11-14-7-3-4-8-15(14)13-16)21(26-23)22(30)17-9-5-6-10-18(17)29/h3-13,26,29H,1-2H3. The van der Waals surface area contributed by atoms with Crippen LogP contribution in [0, 0.1) is 0 Å². The van der Waals surface area contributed by atoms with E-state index in [1.54, 1.807) is 19.2 Å². The maximum absolute atomic E-state index is 13.5. The number of carbonyl (C=O) groups is 1. The second kappa shape index (κ2) is 7.09. The number of nitrogens with one attached hydrogen (secondary N) is 1. The fourth-order valence-corrected chi connectivity index (χ4v) is 4.13. The Morgan fingerprint density at radius 1 is 0.875 bits per heavy atom. The smallest absolute Gasteiger partial charge is 0.332 e. The van der Waals surface area contributed by atoms with Crippen LogP contribution in [0.5, 0.6) is 5.75 Å². The number of aryl methyl sites for hydroxylation is 1. The van der Waals surface area contributed by atoms with E-state index >= 15 is 0 Å². The number of ketones is 1. The minimum absolute atomic E-state index is 0.0999. The van der Waals surface area contributed by atoms with Gasteiger partial charge in [-0.05, 0) is 34.5 Å². The Labute approximate surface area is 181 Å². The third-order valence-corrected chi connectivity index (χ3v) is 5.82. The summed E-state index contributed by atoms with van der Waals surface area (Å²) in [5.41, 5.74) is 0.534. The molecule has 0 fully saturated rings. The molecule has 0 aliphatic heterocycles. The number of hydrogen-bond acceptors (Lipinski definition) is 4. The molecule has 0 saturated carbocycles. The van der Waals surface area contributed by atoms with Gasteiger partial charge in [0.2, 0.25) is 5.78 Å². The molecule has 0 saturated heterocycles. The number of H-pyrrole nitrogens is 1. The van der Waals surface area contributed by atoms with E-state index in [9.17, 15) is 19.5 Å². The predicted octanol–water partition coefficient (Wildman–Crippen LogP) is 3.32.